The van der Waals surface area contributed by atoms with E-state index in [0.717, 1.165) is 11.1 Å². The third-order valence-electron chi connectivity index (χ3n) is 4.57. The van der Waals surface area contributed by atoms with Gasteiger partial charge in [0, 0.05) is 23.2 Å². The van der Waals surface area contributed by atoms with Crippen LogP contribution < -0.4 is 5.32 Å². The van der Waals surface area contributed by atoms with Crippen LogP contribution in [0.3, 0.4) is 0 Å². The van der Waals surface area contributed by atoms with Crippen LogP contribution in [0.25, 0.3) is 0 Å². The van der Waals surface area contributed by atoms with Gasteiger partial charge in [0.05, 0.1) is 6.04 Å². The number of hydrogen-bond donors (Lipinski definition) is 2. The summed E-state index contributed by atoms with van der Waals surface area (Å²) in [5.74, 6) is -0.188. The fourth-order valence-electron chi connectivity index (χ4n) is 3.11. The second-order valence-electron chi connectivity index (χ2n) is 6.28. The first-order chi connectivity index (χ1) is 14.5. The minimum atomic E-state index is -0.559. The molecule has 0 fully saturated rings. The molecule has 0 aliphatic heterocycles. The van der Waals surface area contributed by atoms with Gasteiger partial charge in [0.25, 0.3) is 5.91 Å². The lowest BCUT2D eigenvalue weighted by atomic mass is 9.89. The van der Waals surface area contributed by atoms with E-state index in [-0.39, 0.29) is 11.7 Å². The minimum Gasteiger partial charge on any atom is -0.505 e. The molecule has 0 radical (unpaired) electrons. The number of aliphatic hydroxyl groups is 1. The fourth-order valence-corrected chi connectivity index (χ4v) is 3.24. The summed E-state index contributed by atoms with van der Waals surface area (Å²) in [5.41, 5.74) is 3.23. The maximum absolute atomic E-state index is 12.8. The number of carbonyl (C=O) groups is 1. The number of benzene rings is 2. The molecule has 0 saturated carbocycles. The summed E-state index contributed by atoms with van der Waals surface area (Å²) in [6, 6.07) is 15.6. The maximum atomic E-state index is 12.8. The number of aliphatic imine (C=N–C) groups is 1. The Labute approximate surface area is 183 Å². The van der Waals surface area contributed by atoms with E-state index in [2.05, 4.69) is 10.3 Å². The zero-order valence-corrected chi connectivity index (χ0v) is 18.4. The van der Waals surface area contributed by atoms with Gasteiger partial charge in [-0.25, -0.2) is 0 Å². The summed E-state index contributed by atoms with van der Waals surface area (Å²) < 4.78 is 0. The van der Waals surface area contributed by atoms with Crippen molar-refractivity contribution >= 4 is 23.2 Å². The van der Waals surface area contributed by atoms with Crippen molar-refractivity contribution in [3.63, 3.8) is 0 Å². The van der Waals surface area contributed by atoms with Crippen molar-refractivity contribution in [1.82, 2.24) is 5.32 Å². The molecule has 0 saturated heterocycles. The van der Waals surface area contributed by atoms with Crippen LogP contribution >= 0.6 is 11.6 Å². The standard InChI is InChI=1S/C23H21ClN2O2.C2H6/c1-3-15-11-14-19(22(27)21(15)25-2)20(16-9-12-18(24)13-10-16)26-23(28)17-7-5-4-6-8-17;1-2/h3-14,20,27H,1-2H3,(H,26,28);1-2H3/b15-3-,25-21?;. The second-order valence-corrected chi connectivity index (χ2v) is 6.71. The number of amides is 1. The molecule has 0 bridgehead atoms. The van der Waals surface area contributed by atoms with E-state index in [1.54, 1.807) is 31.3 Å². The first-order valence-corrected chi connectivity index (χ1v) is 10.3. The Morgan fingerprint density at radius 1 is 1.07 bits per heavy atom. The Morgan fingerprint density at radius 2 is 1.70 bits per heavy atom. The van der Waals surface area contributed by atoms with Crippen molar-refractivity contribution in [2.24, 2.45) is 4.99 Å². The number of hydrogen-bond acceptors (Lipinski definition) is 3. The molecule has 2 aromatic rings. The van der Waals surface area contributed by atoms with E-state index in [0.29, 0.717) is 21.9 Å². The molecular weight excluding hydrogens is 396 g/mol. The first kappa shape index (κ1) is 23.2. The molecule has 0 heterocycles. The summed E-state index contributed by atoms with van der Waals surface area (Å²) in [6.45, 7) is 5.89. The van der Waals surface area contributed by atoms with Crippen molar-refractivity contribution in [3.8, 4) is 0 Å². The highest BCUT2D eigenvalue weighted by molar-refractivity contribution is 6.30. The summed E-state index contributed by atoms with van der Waals surface area (Å²) in [4.78, 5) is 17.0. The molecule has 1 atom stereocenters. The maximum Gasteiger partial charge on any atom is 0.252 e. The van der Waals surface area contributed by atoms with Gasteiger partial charge in [-0.1, -0.05) is 74.0 Å². The molecule has 3 rings (SSSR count). The van der Waals surface area contributed by atoms with Gasteiger partial charge in [0.15, 0.2) is 0 Å². The van der Waals surface area contributed by atoms with Crippen molar-refractivity contribution < 1.29 is 9.90 Å². The third kappa shape index (κ3) is 5.28. The first-order valence-electron chi connectivity index (χ1n) is 9.91. The predicted molar refractivity (Wildman–Crippen MR) is 125 cm³/mol. The van der Waals surface area contributed by atoms with Crippen molar-refractivity contribution in [2.75, 3.05) is 7.05 Å². The summed E-state index contributed by atoms with van der Waals surface area (Å²) in [6.07, 6.45) is 5.57. The number of nitrogens with one attached hydrogen (secondary N) is 1. The lowest BCUT2D eigenvalue weighted by Gasteiger charge is -2.25. The van der Waals surface area contributed by atoms with E-state index in [1.165, 1.54) is 0 Å². The average Bonchev–Trinajstić information content (AvgIpc) is 2.80. The Morgan fingerprint density at radius 3 is 2.27 bits per heavy atom. The molecule has 1 amide bonds. The SMILES string of the molecule is C/C=C1/C=CC(C(NC(=O)c2ccccc2)c2ccc(Cl)cc2)=C(O)C1=NC.CC. The molecule has 0 spiro atoms. The molecule has 156 valence electrons. The van der Waals surface area contributed by atoms with Crippen LogP contribution in [0, 0.1) is 0 Å². The van der Waals surface area contributed by atoms with E-state index in [9.17, 15) is 9.90 Å². The second kappa shape index (κ2) is 11.2. The third-order valence-corrected chi connectivity index (χ3v) is 4.83. The average molecular weight is 423 g/mol. The Balaban J connectivity index is 0.00000155. The molecule has 1 aliphatic rings. The monoisotopic (exact) mass is 422 g/mol. The number of allylic oxidation sites excluding steroid dienone is 3. The van der Waals surface area contributed by atoms with E-state index < -0.39 is 6.04 Å². The highest BCUT2D eigenvalue weighted by Crippen LogP contribution is 2.31. The van der Waals surface area contributed by atoms with Gasteiger partial charge in [0.1, 0.15) is 11.5 Å². The summed E-state index contributed by atoms with van der Waals surface area (Å²) in [7, 11) is 1.63. The van der Waals surface area contributed by atoms with Gasteiger partial charge in [-0.3, -0.25) is 9.79 Å². The normalized spacial score (nSPS) is 16.8. The molecule has 2 aromatic carbocycles. The van der Waals surface area contributed by atoms with Gasteiger partial charge >= 0.3 is 0 Å². The van der Waals surface area contributed by atoms with Crippen LogP contribution in [0.5, 0.6) is 0 Å². The van der Waals surface area contributed by atoms with Gasteiger partial charge in [-0.2, -0.15) is 0 Å². The zero-order chi connectivity index (χ0) is 22.1. The fraction of sp³-hybridized carbons (Fsp3) is 0.200. The Kier molecular flexibility index (Phi) is 8.63. The lowest BCUT2D eigenvalue weighted by Crippen LogP contribution is -2.31. The van der Waals surface area contributed by atoms with Crippen LogP contribution in [0.15, 0.2) is 94.7 Å². The smallest absolute Gasteiger partial charge is 0.252 e. The van der Waals surface area contributed by atoms with Crippen LogP contribution in [-0.4, -0.2) is 23.8 Å². The van der Waals surface area contributed by atoms with Gasteiger partial charge < -0.3 is 10.4 Å². The van der Waals surface area contributed by atoms with Crippen LogP contribution in [0.4, 0.5) is 0 Å². The van der Waals surface area contributed by atoms with E-state index >= 15 is 0 Å². The Bertz CT molecular complexity index is 988. The molecule has 4 nitrogen and oxygen atoms in total. The summed E-state index contributed by atoms with van der Waals surface area (Å²) in [5, 5.41) is 14.5. The number of halogens is 1. The quantitative estimate of drug-likeness (QED) is 0.612. The molecule has 2 N–H and O–H groups in total. The molecule has 5 heteroatoms. The predicted octanol–water partition coefficient (Wildman–Crippen LogP) is 6.24. The molecule has 0 aromatic heterocycles. The largest absolute Gasteiger partial charge is 0.505 e. The zero-order valence-electron chi connectivity index (χ0n) is 17.7. The van der Waals surface area contributed by atoms with Gasteiger partial charge in [-0.05, 0) is 42.3 Å². The number of nitrogens with zero attached hydrogens (tertiary/aromatic N) is 1. The minimum absolute atomic E-state index is 0.0476. The molecule has 1 unspecified atom stereocenters. The lowest BCUT2D eigenvalue weighted by molar-refractivity contribution is 0.0942. The van der Waals surface area contributed by atoms with Gasteiger partial charge in [-0.15, -0.1) is 0 Å². The van der Waals surface area contributed by atoms with Crippen LogP contribution in [0.1, 0.15) is 42.7 Å². The summed E-state index contributed by atoms with van der Waals surface area (Å²) >= 11 is 6.03. The van der Waals surface area contributed by atoms with Crippen molar-refractivity contribution in [3.05, 3.63) is 106 Å². The number of rotatable bonds is 4. The number of aliphatic hydroxyl groups excluding tert-OH is 1. The van der Waals surface area contributed by atoms with E-state index in [1.807, 2.05) is 69.3 Å². The highest BCUT2D eigenvalue weighted by Gasteiger charge is 2.26. The molecule has 30 heavy (non-hydrogen) atoms. The topological polar surface area (TPSA) is 61.7 Å². The molecule has 1 aliphatic carbocycles. The van der Waals surface area contributed by atoms with Gasteiger partial charge in [0.2, 0.25) is 0 Å². The van der Waals surface area contributed by atoms with E-state index in [4.69, 9.17) is 11.6 Å². The van der Waals surface area contributed by atoms with Crippen molar-refractivity contribution in [1.29, 1.82) is 0 Å². The Hall–Kier alpha value is -3.11. The van der Waals surface area contributed by atoms with Crippen molar-refractivity contribution in [2.45, 2.75) is 26.8 Å². The number of carbonyl (C=O) groups excluding carboxylic acids is 1. The van der Waals surface area contributed by atoms with Crippen LogP contribution in [-0.2, 0) is 0 Å². The molecular formula is C25H27ClN2O2. The highest BCUT2D eigenvalue weighted by atomic mass is 35.5. The van der Waals surface area contributed by atoms with Crippen LogP contribution in [0.2, 0.25) is 5.02 Å².